The maximum Gasteiger partial charge on any atom is 0.216 e. The number of hydrogen-bond donors (Lipinski definition) is 3. The van der Waals surface area contributed by atoms with Gasteiger partial charge in [-0.15, -0.1) is 0 Å². The van der Waals surface area contributed by atoms with Gasteiger partial charge in [-0.05, 0) is 19.3 Å². The summed E-state index contributed by atoms with van der Waals surface area (Å²) in [6.45, 7) is 3.50. The van der Waals surface area contributed by atoms with Gasteiger partial charge in [0.05, 0.1) is 5.60 Å². The van der Waals surface area contributed by atoms with Crippen LogP contribution in [0, 0.1) is 0 Å². The Hall–Kier alpha value is -0.610. The van der Waals surface area contributed by atoms with Gasteiger partial charge < -0.3 is 15.7 Å². The van der Waals surface area contributed by atoms with E-state index in [0.29, 0.717) is 13.1 Å². The number of aliphatic hydroxyl groups is 1. The summed E-state index contributed by atoms with van der Waals surface area (Å²) in [6.07, 6.45) is 2.93. The van der Waals surface area contributed by atoms with Crippen molar-refractivity contribution in [1.82, 2.24) is 10.6 Å². The molecule has 0 bridgehead atoms. The van der Waals surface area contributed by atoms with Crippen LogP contribution in [-0.2, 0) is 4.79 Å². The normalized spacial score (nSPS) is 19.2. The van der Waals surface area contributed by atoms with Gasteiger partial charge in [-0.1, -0.05) is 0 Å². The van der Waals surface area contributed by atoms with Crippen LogP contribution in [0.1, 0.15) is 26.2 Å². The predicted molar refractivity (Wildman–Crippen MR) is 50.4 cm³/mol. The maximum absolute atomic E-state index is 10.5. The molecule has 1 fully saturated rings. The second-order valence-corrected chi connectivity index (χ2v) is 3.74. The smallest absolute Gasteiger partial charge is 0.216 e. The van der Waals surface area contributed by atoms with Crippen LogP contribution in [0.2, 0.25) is 0 Å². The molecule has 4 nitrogen and oxygen atoms in total. The van der Waals surface area contributed by atoms with Crippen LogP contribution >= 0.6 is 0 Å². The lowest BCUT2D eigenvalue weighted by Gasteiger charge is -2.36. The molecule has 0 aliphatic heterocycles. The van der Waals surface area contributed by atoms with Gasteiger partial charge in [-0.25, -0.2) is 0 Å². The van der Waals surface area contributed by atoms with E-state index in [1.807, 2.05) is 0 Å². The molecule has 4 heteroatoms. The molecule has 0 saturated heterocycles. The summed E-state index contributed by atoms with van der Waals surface area (Å²) < 4.78 is 0. The molecule has 1 aliphatic carbocycles. The van der Waals surface area contributed by atoms with E-state index in [-0.39, 0.29) is 5.91 Å². The largest absolute Gasteiger partial charge is 0.389 e. The van der Waals surface area contributed by atoms with E-state index in [4.69, 9.17) is 0 Å². The van der Waals surface area contributed by atoms with Crippen LogP contribution in [0.25, 0.3) is 0 Å². The van der Waals surface area contributed by atoms with Crippen molar-refractivity contribution >= 4 is 5.91 Å². The van der Waals surface area contributed by atoms with Crippen molar-refractivity contribution in [3.63, 3.8) is 0 Å². The third-order valence-electron chi connectivity index (χ3n) is 2.41. The summed E-state index contributed by atoms with van der Waals surface area (Å²) in [4.78, 5) is 10.5. The van der Waals surface area contributed by atoms with Crippen molar-refractivity contribution in [3.8, 4) is 0 Å². The highest BCUT2D eigenvalue weighted by Crippen LogP contribution is 2.30. The fourth-order valence-corrected chi connectivity index (χ4v) is 1.41. The molecule has 0 heterocycles. The Morgan fingerprint density at radius 1 is 1.46 bits per heavy atom. The number of hydrogen-bond acceptors (Lipinski definition) is 3. The fraction of sp³-hybridized carbons (Fsp3) is 0.889. The molecule has 1 aliphatic rings. The van der Waals surface area contributed by atoms with Crippen molar-refractivity contribution in [1.29, 1.82) is 0 Å². The minimum Gasteiger partial charge on any atom is -0.389 e. The number of carbonyl (C=O) groups is 1. The molecular formula is C9H18N2O2. The Labute approximate surface area is 78.7 Å². The number of carbonyl (C=O) groups excluding carboxylic acids is 1. The van der Waals surface area contributed by atoms with Gasteiger partial charge >= 0.3 is 0 Å². The predicted octanol–water partition coefficient (Wildman–Crippen LogP) is -0.373. The molecule has 0 aromatic carbocycles. The summed E-state index contributed by atoms with van der Waals surface area (Å²) in [7, 11) is 0. The van der Waals surface area contributed by atoms with Gasteiger partial charge in [0.25, 0.3) is 0 Å². The van der Waals surface area contributed by atoms with Crippen molar-refractivity contribution < 1.29 is 9.90 Å². The molecular weight excluding hydrogens is 168 g/mol. The molecule has 0 aromatic rings. The molecule has 0 atom stereocenters. The van der Waals surface area contributed by atoms with Crippen LogP contribution in [0.5, 0.6) is 0 Å². The summed E-state index contributed by atoms with van der Waals surface area (Å²) in [6, 6.07) is 0. The highest BCUT2D eigenvalue weighted by molar-refractivity contribution is 5.72. The summed E-state index contributed by atoms with van der Waals surface area (Å²) in [5, 5.41) is 15.5. The first-order chi connectivity index (χ1) is 6.12. The minimum atomic E-state index is -0.462. The van der Waals surface area contributed by atoms with Crippen molar-refractivity contribution in [2.75, 3.05) is 19.6 Å². The standard InChI is InChI=1S/C9H18N2O2/c1-8(12)11-6-5-10-7-9(13)3-2-4-9/h10,13H,2-7H2,1H3,(H,11,12). The van der Waals surface area contributed by atoms with E-state index in [1.54, 1.807) is 0 Å². The Kier molecular flexibility index (Phi) is 3.69. The van der Waals surface area contributed by atoms with Crippen LogP contribution in [0.15, 0.2) is 0 Å². The van der Waals surface area contributed by atoms with Gasteiger partial charge in [0.1, 0.15) is 0 Å². The average Bonchev–Trinajstić information content (AvgIpc) is 2.00. The van der Waals surface area contributed by atoms with Gasteiger partial charge in [-0.3, -0.25) is 4.79 Å². The minimum absolute atomic E-state index is 0.0100. The zero-order valence-electron chi connectivity index (χ0n) is 8.10. The highest BCUT2D eigenvalue weighted by atomic mass is 16.3. The second-order valence-electron chi connectivity index (χ2n) is 3.74. The molecule has 1 rings (SSSR count). The quantitative estimate of drug-likeness (QED) is 0.513. The van der Waals surface area contributed by atoms with E-state index in [9.17, 15) is 9.90 Å². The number of amides is 1. The lowest BCUT2D eigenvalue weighted by atomic mass is 9.80. The lowest BCUT2D eigenvalue weighted by molar-refractivity contribution is -0.118. The Morgan fingerprint density at radius 3 is 2.62 bits per heavy atom. The zero-order valence-corrected chi connectivity index (χ0v) is 8.10. The third-order valence-corrected chi connectivity index (χ3v) is 2.41. The van der Waals surface area contributed by atoms with E-state index < -0.39 is 5.60 Å². The van der Waals surface area contributed by atoms with Crippen LogP contribution in [0.4, 0.5) is 0 Å². The molecule has 13 heavy (non-hydrogen) atoms. The van der Waals surface area contributed by atoms with Gasteiger partial charge in [0.15, 0.2) is 0 Å². The summed E-state index contributed by atoms with van der Waals surface area (Å²) >= 11 is 0. The van der Waals surface area contributed by atoms with Crippen molar-refractivity contribution in [2.45, 2.75) is 31.8 Å². The molecule has 0 radical (unpaired) electrons. The Balaban J connectivity index is 1.92. The molecule has 0 unspecified atom stereocenters. The Bertz CT molecular complexity index is 178. The fourth-order valence-electron chi connectivity index (χ4n) is 1.41. The zero-order chi connectivity index (χ0) is 9.73. The first-order valence-corrected chi connectivity index (χ1v) is 4.80. The summed E-state index contributed by atoms with van der Waals surface area (Å²) in [5.74, 6) is -0.0100. The van der Waals surface area contributed by atoms with Crippen molar-refractivity contribution in [2.24, 2.45) is 0 Å². The van der Waals surface area contributed by atoms with E-state index in [1.165, 1.54) is 6.92 Å². The first-order valence-electron chi connectivity index (χ1n) is 4.80. The van der Waals surface area contributed by atoms with Gasteiger partial charge in [0.2, 0.25) is 5.91 Å². The average molecular weight is 186 g/mol. The highest BCUT2D eigenvalue weighted by Gasteiger charge is 2.33. The number of rotatable bonds is 5. The molecule has 1 amide bonds. The molecule has 0 aromatic heterocycles. The van der Waals surface area contributed by atoms with E-state index >= 15 is 0 Å². The monoisotopic (exact) mass is 186 g/mol. The molecule has 3 N–H and O–H groups in total. The van der Waals surface area contributed by atoms with Crippen LogP contribution < -0.4 is 10.6 Å². The van der Waals surface area contributed by atoms with Crippen LogP contribution in [0.3, 0.4) is 0 Å². The number of nitrogens with one attached hydrogen (secondary N) is 2. The van der Waals surface area contributed by atoms with Gasteiger partial charge in [-0.2, -0.15) is 0 Å². The van der Waals surface area contributed by atoms with Gasteiger partial charge in [0, 0.05) is 26.6 Å². The maximum atomic E-state index is 10.5. The third kappa shape index (κ3) is 3.74. The lowest BCUT2D eigenvalue weighted by Crippen LogP contribution is -2.47. The Morgan fingerprint density at radius 2 is 2.15 bits per heavy atom. The van der Waals surface area contributed by atoms with Crippen molar-refractivity contribution in [3.05, 3.63) is 0 Å². The van der Waals surface area contributed by atoms with E-state index in [0.717, 1.165) is 25.8 Å². The first kappa shape index (κ1) is 10.5. The van der Waals surface area contributed by atoms with Crippen LogP contribution in [-0.4, -0.2) is 36.2 Å². The topological polar surface area (TPSA) is 61.4 Å². The van der Waals surface area contributed by atoms with E-state index in [2.05, 4.69) is 10.6 Å². The molecule has 76 valence electrons. The SMILES string of the molecule is CC(=O)NCCNCC1(O)CCC1. The summed E-state index contributed by atoms with van der Waals surface area (Å²) in [5.41, 5.74) is -0.462. The molecule has 0 spiro atoms. The molecule has 1 saturated carbocycles. The second kappa shape index (κ2) is 4.58.